The van der Waals surface area contributed by atoms with Crippen LogP contribution in [0.1, 0.15) is 12.5 Å². The van der Waals surface area contributed by atoms with Gasteiger partial charge in [0.1, 0.15) is 5.75 Å². The van der Waals surface area contributed by atoms with Gasteiger partial charge in [0.05, 0.1) is 0 Å². The Hall–Kier alpha value is -1.55. The molecule has 1 aromatic carbocycles. The summed E-state index contributed by atoms with van der Waals surface area (Å²) in [5, 5.41) is 3.26. The highest BCUT2D eigenvalue weighted by atomic mass is 16.5. The summed E-state index contributed by atoms with van der Waals surface area (Å²) in [5.74, 6) is 0.807. The van der Waals surface area contributed by atoms with Gasteiger partial charge in [-0.25, -0.2) is 0 Å². The second-order valence-corrected chi connectivity index (χ2v) is 4.74. The Balaban J connectivity index is 1.85. The highest BCUT2D eigenvalue weighted by Crippen LogP contribution is 2.12. The van der Waals surface area contributed by atoms with E-state index in [1.165, 1.54) is 5.56 Å². The van der Waals surface area contributed by atoms with Crippen molar-refractivity contribution in [1.82, 2.24) is 10.2 Å². The molecular weight excluding hydrogens is 228 g/mol. The third kappa shape index (κ3) is 3.23. The number of nitrogens with zero attached hydrogens (tertiary/aromatic N) is 1. The van der Waals surface area contributed by atoms with Gasteiger partial charge in [0, 0.05) is 25.7 Å². The number of ether oxygens (including phenoxy) is 1. The van der Waals surface area contributed by atoms with E-state index in [1.54, 1.807) is 0 Å². The SMILES string of the molecule is Cc1ccc(OCC(=O)N2CCNC[C@H]2C)cc1. The van der Waals surface area contributed by atoms with Crippen LogP contribution in [0.5, 0.6) is 5.75 Å². The van der Waals surface area contributed by atoms with Gasteiger partial charge in [0.2, 0.25) is 0 Å². The molecule has 4 nitrogen and oxygen atoms in total. The van der Waals surface area contributed by atoms with Gasteiger partial charge in [-0.15, -0.1) is 0 Å². The van der Waals surface area contributed by atoms with Gasteiger partial charge in [0.25, 0.3) is 5.91 Å². The number of amides is 1. The number of carbonyl (C=O) groups excluding carboxylic acids is 1. The van der Waals surface area contributed by atoms with E-state index in [0.29, 0.717) is 0 Å². The zero-order valence-electron chi connectivity index (χ0n) is 11.0. The molecule has 1 N–H and O–H groups in total. The van der Waals surface area contributed by atoms with Gasteiger partial charge < -0.3 is 15.0 Å². The number of aryl methyl sites for hydroxylation is 1. The summed E-state index contributed by atoms with van der Waals surface area (Å²) in [6, 6.07) is 7.99. The van der Waals surface area contributed by atoms with Crippen molar-refractivity contribution in [2.24, 2.45) is 0 Å². The van der Waals surface area contributed by atoms with Crippen LogP contribution in [-0.4, -0.2) is 43.1 Å². The summed E-state index contributed by atoms with van der Waals surface area (Å²) in [7, 11) is 0. The van der Waals surface area contributed by atoms with Crippen molar-refractivity contribution >= 4 is 5.91 Å². The molecule has 1 saturated heterocycles. The first kappa shape index (κ1) is 12.9. The molecule has 0 aromatic heterocycles. The van der Waals surface area contributed by atoms with Crippen LogP contribution in [0.2, 0.25) is 0 Å². The minimum absolute atomic E-state index is 0.0598. The van der Waals surface area contributed by atoms with Crippen molar-refractivity contribution in [2.45, 2.75) is 19.9 Å². The second kappa shape index (κ2) is 5.87. The Bertz CT molecular complexity index is 403. The summed E-state index contributed by atoms with van der Waals surface area (Å²) in [5.41, 5.74) is 1.18. The lowest BCUT2D eigenvalue weighted by Gasteiger charge is -2.33. The number of hydrogen-bond acceptors (Lipinski definition) is 3. The zero-order valence-corrected chi connectivity index (χ0v) is 11.0. The van der Waals surface area contributed by atoms with E-state index >= 15 is 0 Å². The summed E-state index contributed by atoms with van der Waals surface area (Å²) < 4.78 is 5.51. The van der Waals surface area contributed by atoms with Crippen molar-refractivity contribution in [3.8, 4) is 5.75 Å². The Morgan fingerprint density at radius 2 is 2.17 bits per heavy atom. The molecule has 1 fully saturated rings. The minimum atomic E-state index is 0.0598. The van der Waals surface area contributed by atoms with Crippen LogP contribution in [0.25, 0.3) is 0 Å². The molecule has 1 aromatic rings. The average Bonchev–Trinajstić information content (AvgIpc) is 2.38. The molecule has 0 unspecified atom stereocenters. The minimum Gasteiger partial charge on any atom is -0.484 e. The summed E-state index contributed by atoms with van der Waals surface area (Å²) in [6.45, 7) is 6.68. The standard InChI is InChI=1S/C14H20N2O2/c1-11-3-5-13(6-4-11)18-10-14(17)16-8-7-15-9-12(16)2/h3-6,12,15H,7-10H2,1-2H3/t12-/m1/s1. The summed E-state index contributed by atoms with van der Waals surface area (Å²) in [6.07, 6.45) is 0. The largest absolute Gasteiger partial charge is 0.484 e. The van der Waals surface area contributed by atoms with Gasteiger partial charge in [-0.05, 0) is 26.0 Å². The third-order valence-corrected chi connectivity index (χ3v) is 3.20. The molecule has 0 spiro atoms. The normalized spacial score (nSPS) is 19.7. The first-order valence-corrected chi connectivity index (χ1v) is 6.36. The molecule has 1 atom stereocenters. The Labute approximate surface area is 108 Å². The predicted molar refractivity (Wildman–Crippen MR) is 70.7 cm³/mol. The Morgan fingerprint density at radius 3 is 2.83 bits per heavy atom. The van der Waals surface area contributed by atoms with Gasteiger partial charge >= 0.3 is 0 Å². The van der Waals surface area contributed by atoms with Crippen LogP contribution in [0.15, 0.2) is 24.3 Å². The van der Waals surface area contributed by atoms with Crippen molar-refractivity contribution < 1.29 is 9.53 Å². The van der Waals surface area contributed by atoms with Crippen LogP contribution >= 0.6 is 0 Å². The van der Waals surface area contributed by atoms with Gasteiger partial charge in [-0.1, -0.05) is 17.7 Å². The molecule has 0 aliphatic carbocycles. The lowest BCUT2D eigenvalue weighted by molar-refractivity contribution is -0.136. The van der Waals surface area contributed by atoms with Crippen molar-refractivity contribution in [1.29, 1.82) is 0 Å². The number of hydrogen-bond donors (Lipinski definition) is 1. The topological polar surface area (TPSA) is 41.6 Å². The molecular formula is C14H20N2O2. The smallest absolute Gasteiger partial charge is 0.260 e. The fraction of sp³-hybridized carbons (Fsp3) is 0.500. The van der Waals surface area contributed by atoms with Gasteiger partial charge in [0.15, 0.2) is 6.61 Å². The molecule has 1 aliphatic heterocycles. The predicted octanol–water partition coefficient (Wildman–Crippen LogP) is 1.19. The van der Waals surface area contributed by atoms with Crippen LogP contribution in [0, 0.1) is 6.92 Å². The molecule has 0 bridgehead atoms. The number of nitrogens with one attached hydrogen (secondary N) is 1. The molecule has 1 heterocycles. The molecule has 98 valence electrons. The number of piperazine rings is 1. The fourth-order valence-electron chi connectivity index (χ4n) is 2.07. The second-order valence-electron chi connectivity index (χ2n) is 4.74. The number of rotatable bonds is 3. The van der Waals surface area contributed by atoms with Crippen LogP contribution in [-0.2, 0) is 4.79 Å². The monoisotopic (exact) mass is 248 g/mol. The van der Waals surface area contributed by atoms with Gasteiger partial charge in [-0.2, -0.15) is 0 Å². The molecule has 0 saturated carbocycles. The van der Waals surface area contributed by atoms with Crippen LogP contribution in [0.4, 0.5) is 0 Å². The average molecular weight is 248 g/mol. The van der Waals surface area contributed by atoms with Crippen molar-refractivity contribution in [3.05, 3.63) is 29.8 Å². The number of benzene rings is 1. The van der Waals surface area contributed by atoms with Crippen molar-refractivity contribution in [2.75, 3.05) is 26.2 Å². The summed E-state index contributed by atoms with van der Waals surface area (Å²) in [4.78, 5) is 13.9. The molecule has 2 rings (SSSR count). The van der Waals surface area contributed by atoms with E-state index < -0.39 is 0 Å². The van der Waals surface area contributed by atoms with Crippen molar-refractivity contribution in [3.63, 3.8) is 0 Å². The van der Waals surface area contributed by atoms with Gasteiger partial charge in [-0.3, -0.25) is 4.79 Å². The molecule has 18 heavy (non-hydrogen) atoms. The maximum Gasteiger partial charge on any atom is 0.260 e. The number of carbonyl (C=O) groups is 1. The van der Waals surface area contributed by atoms with Crippen LogP contribution < -0.4 is 10.1 Å². The van der Waals surface area contributed by atoms with E-state index in [0.717, 1.165) is 25.4 Å². The van der Waals surface area contributed by atoms with E-state index in [4.69, 9.17) is 4.74 Å². The zero-order chi connectivity index (χ0) is 13.0. The summed E-state index contributed by atoms with van der Waals surface area (Å²) >= 11 is 0. The molecule has 1 amide bonds. The third-order valence-electron chi connectivity index (χ3n) is 3.20. The maximum atomic E-state index is 12.0. The maximum absolute atomic E-state index is 12.0. The quantitative estimate of drug-likeness (QED) is 0.873. The lowest BCUT2D eigenvalue weighted by Crippen LogP contribution is -2.53. The van der Waals surface area contributed by atoms with E-state index in [2.05, 4.69) is 12.2 Å². The van der Waals surface area contributed by atoms with E-state index in [-0.39, 0.29) is 18.6 Å². The highest BCUT2D eigenvalue weighted by molar-refractivity contribution is 5.78. The first-order valence-electron chi connectivity index (χ1n) is 6.36. The Kier molecular flexibility index (Phi) is 4.20. The molecule has 4 heteroatoms. The molecule has 0 radical (unpaired) electrons. The first-order chi connectivity index (χ1) is 8.66. The molecule has 1 aliphatic rings. The van der Waals surface area contributed by atoms with Crippen LogP contribution in [0.3, 0.4) is 0 Å². The Morgan fingerprint density at radius 1 is 1.44 bits per heavy atom. The van der Waals surface area contributed by atoms with E-state index in [1.807, 2.05) is 36.1 Å². The fourth-order valence-corrected chi connectivity index (χ4v) is 2.07. The van der Waals surface area contributed by atoms with E-state index in [9.17, 15) is 4.79 Å². The highest BCUT2D eigenvalue weighted by Gasteiger charge is 2.22. The lowest BCUT2D eigenvalue weighted by atomic mass is 10.2.